The summed E-state index contributed by atoms with van der Waals surface area (Å²) in [6.45, 7) is 10.5. The van der Waals surface area contributed by atoms with Gasteiger partial charge in [-0.3, -0.25) is 4.68 Å². The van der Waals surface area contributed by atoms with Crippen molar-refractivity contribution in [2.75, 3.05) is 6.61 Å². The van der Waals surface area contributed by atoms with Gasteiger partial charge in [-0.2, -0.15) is 5.10 Å². The van der Waals surface area contributed by atoms with E-state index in [-0.39, 0.29) is 6.04 Å². The minimum absolute atomic E-state index is 0.0724. The number of hydrogen-bond donors (Lipinski definition) is 1. The van der Waals surface area contributed by atoms with Gasteiger partial charge in [-0.05, 0) is 45.4 Å². The van der Waals surface area contributed by atoms with E-state index in [0.29, 0.717) is 6.61 Å². The number of fused-ring (bicyclic) bond motifs is 1. The zero-order valence-electron chi connectivity index (χ0n) is 18.1. The van der Waals surface area contributed by atoms with Gasteiger partial charge >= 0.3 is 0 Å². The van der Waals surface area contributed by atoms with Crippen molar-refractivity contribution in [1.29, 1.82) is 0 Å². The number of furan rings is 1. The van der Waals surface area contributed by atoms with Crippen molar-refractivity contribution in [1.82, 2.24) is 15.1 Å². The highest BCUT2D eigenvalue weighted by Crippen LogP contribution is 2.31. The van der Waals surface area contributed by atoms with Gasteiger partial charge in [0.25, 0.3) is 0 Å². The molecule has 0 bridgehead atoms. The number of para-hydroxylation sites is 1. The van der Waals surface area contributed by atoms with Crippen LogP contribution in [0.25, 0.3) is 11.0 Å². The summed E-state index contributed by atoms with van der Waals surface area (Å²) in [5.74, 6) is 1.70. The molecule has 0 saturated carbocycles. The maximum absolute atomic E-state index is 6.14. The lowest BCUT2D eigenvalue weighted by Gasteiger charge is -2.12. The van der Waals surface area contributed by atoms with E-state index in [4.69, 9.17) is 14.3 Å². The van der Waals surface area contributed by atoms with Gasteiger partial charge in [-0.1, -0.05) is 42.5 Å². The van der Waals surface area contributed by atoms with E-state index in [9.17, 15) is 0 Å². The first kappa shape index (κ1) is 20.2. The highest BCUT2D eigenvalue weighted by atomic mass is 16.5. The molecule has 1 N–H and O–H groups in total. The Kier molecular flexibility index (Phi) is 5.91. The van der Waals surface area contributed by atoms with E-state index >= 15 is 0 Å². The van der Waals surface area contributed by atoms with Gasteiger partial charge in [0.05, 0.1) is 24.9 Å². The summed E-state index contributed by atoms with van der Waals surface area (Å²) in [5.41, 5.74) is 5.56. The van der Waals surface area contributed by atoms with Crippen molar-refractivity contribution in [2.45, 2.75) is 46.8 Å². The van der Waals surface area contributed by atoms with Crippen LogP contribution in [0.1, 0.15) is 48.2 Å². The van der Waals surface area contributed by atoms with E-state index in [2.05, 4.69) is 67.2 Å². The van der Waals surface area contributed by atoms with Crippen LogP contribution < -0.4 is 10.1 Å². The lowest BCUT2D eigenvalue weighted by molar-refractivity contribution is 0.336. The summed E-state index contributed by atoms with van der Waals surface area (Å²) in [4.78, 5) is 0. The number of benzene rings is 2. The zero-order chi connectivity index (χ0) is 21.1. The number of aromatic nitrogens is 2. The van der Waals surface area contributed by atoms with Gasteiger partial charge in [-0.25, -0.2) is 0 Å². The van der Waals surface area contributed by atoms with Gasteiger partial charge < -0.3 is 14.5 Å². The molecule has 2 heterocycles. The van der Waals surface area contributed by atoms with Crippen LogP contribution >= 0.6 is 0 Å². The molecule has 1 unspecified atom stereocenters. The molecule has 0 spiro atoms. The Labute approximate surface area is 177 Å². The number of ether oxygens (including phenoxy) is 1. The monoisotopic (exact) mass is 403 g/mol. The first-order valence-corrected chi connectivity index (χ1v) is 10.5. The zero-order valence-corrected chi connectivity index (χ0v) is 18.1. The smallest absolute Gasteiger partial charge is 0.176 e. The molecule has 30 heavy (non-hydrogen) atoms. The molecule has 0 fully saturated rings. The molecule has 4 aromatic rings. The van der Waals surface area contributed by atoms with Crippen LogP contribution in [-0.4, -0.2) is 16.4 Å². The minimum atomic E-state index is 0.0724. The largest absolute Gasteiger partial charge is 0.490 e. The molecular weight excluding hydrogens is 374 g/mol. The summed E-state index contributed by atoms with van der Waals surface area (Å²) in [6.07, 6.45) is 0. The number of nitrogens with one attached hydrogen (secondary N) is 1. The van der Waals surface area contributed by atoms with E-state index in [1.807, 2.05) is 25.1 Å². The summed E-state index contributed by atoms with van der Waals surface area (Å²) in [6, 6.07) is 18.6. The van der Waals surface area contributed by atoms with E-state index in [1.54, 1.807) is 0 Å². The van der Waals surface area contributed by atoms with E-state index < -0.39 is 0 Å². The molecule has 0 aliphatic rings. The van der Waals surface area contributed by atoms with Crippen LogP contribution in [0.15, 0.2) is 59.0 Å². The highest BCUT2D eigenvalue weighted by Gasteiger charge is 2.17. The first-order valence-electron chi connectivity index (χ1n) is 10.5. The van der Waals surface area contributed by atoms with Gasteiger partial charge in [0.2, 0.25) is 0 Å². The number of hydrogen-bond acceptors (Lipinski definition) is 4. The maximum atomic E-state index is 6.14. The van der Waals surface area contributed by atoms with Gasteiger partial charge in [0, 0.05) is 23.2 Å². The molecule has 2 aromatic heterocycles. The Balaban J connectivity index is 1.48. The average molecular weight is 404 g/mol. The SMILES string of the molecule is CCOc1cccc2cc(C(C)NCc3c(C)nn(Cc4ccccc4)c3C)oc12. The quantitative estimate of drug-likeness (QED) is 0.419. The lowest BCUT2D eigenvalue weighted by atomic mass is 10.1. The maximum Gasteiger partial charge on any atom is 0.176 e. The molecule has 5 nitrogen and oxygen atoms in total. The van der Waals surface area contributed by atoms with Crippen LogP contribution in [0.3, 0.4) is 0 Å². The molecule has 0 saturated heterocycles. The molecule has 0 amide bonds. The van der Waals surface area contributed by atoms with Crippen LogP contribution in [0.4, 0.5) is 0 Å². The van der Waals surface area contributed by atoms with Gasteiger partial charge in [-0.15, -0.1) is 0 Å². The molecule has 1 atom stereocenters. The fourth-order valence-corrected chi connectivity index (χ4v) is 3.79. The highest BCUT2D eigenvalue weighted by molar-refractivity contribution is 5.83. The van der Waals surface area contributed by atoms with Crippen molar-refractivity contribution < 1.29 is 9.15 Å². The standard InChI is InChI=1S/C25H29N3O2/c1-5-29-23-13-9-12-21-14-24(30-25(21)23)18(3)26-15-22-17(2)27-28(19(22)4)16-20-10-7-6-8-11-20/h6-14,18,26H,5,15-16H2,1-4H3. The first-order chi connectivity index (χ1) is 14.6. The number of aryl methyl sites for hydroxylation is 1. The minimum Gasteiger partial charge on any atom is -0.490 e. The van der Waals surface area contributed by atoms with Gasteiger partial charge in [0.1, 0.15) is 5.76 Å². The third-order valence-electron chi connectivity index (χ3n) is 5.55. The Morgan fingerprint density at radius 1 is 1.10 bits per heavy atom. The molecule has 156 valence electrons. The van der Waals surface area contributed by atoms with E-state index in [0.717, 1.165) is 41.3 Å². The molecule has 0 aliphatic carbocycles. The Morgan fingerprint density at radius 3 is 2.67 bits per heavy atom. The molecular formula is C25H29N3O2. The van der Waals surface area contributed by atoms with Crippen LogP contribution in [0.2, 0.25) is 0 Å². The van der Waals surface area contributed by atoms with Crippen molar-refractivity contribution in [3.8, 4) is 5.75 Å². The molecule has 0 aliphatic heterocycles. The second-order valence-corrected chi connectivity index (χ2v) is 7.65. The predicted octanol–water partition coefficient (Wildman–Crippen LogP) is 5.54. The summed E-state index contributed by atoms with van der Waals surface area (Å²) >= 11 is 0. The molecule has 0 radical (unpaired) electrons. The Morgan fingerprint density at radius 2 is 1.90 bits per heavy atom. The summed E-state index contributed by atoms with van der Waals surface area (Å²) < 4.78 is 13.9. The molecule has 2 aromatic carbocycles. The lowest BCUT2D eigenvalue weighted by Crippen LogP contribution is -2.18. The summed E-state index contributed by atoms with van der Waals surface area (Å²) in [5, 5.41) is 9.42. The van der Waals surface area contributed by atoms with Crippen molar-refractivity contribution >= 4 is 11.0 Å². The number of nitrogens with zero attached hydrogens (tertiary/aromatic N) is 2. The normalized spacial score (nSPS) is 12.4. The Hall–Kier alpha value is -3.05. The fourth-order valence-electron chi connectivity index (χ4n) is 3.79. The van der Waals surface area contributed by atoms with Crippen molar-refractivity contribution in [3.63, 3.8) is 0 Å². The topological polar surface area (TPSA) is 52.2 Å². The van der Waals surface area contributed by atoms with Gasteiger partial charge in [0.15, 0.2) is 11.3 Å². The third-order valence-corrected chi connectivity index (χ3v) is 5.55. The predicted molar refractivity (Wildman–Crippen MR) is 120 cm³/mol. The molecule has 5 heteroatoms. The molecule has 4 rings (SSSR count). The second kappa shape index (κ2) is 8.76. The summed E-state index contributed by atoms with van der Waals surface area (Å²) in [7, 11) is 0. The van der Waals surface area contributed by atoms with Crippen molar-refractivity contribution in [3.05, 3.63) is 82.9 Å². The fraction of sp³-hybridized carbons (Fsp3) is 0.320. The average Bonchev–Trinajstić information content (AvgIpc) is 3.30. The van der Waals surface area contributed by atoms with Crippen molar-refractivity contribution in [2.24, 2.45) is 0 Å². The van der Waals surface area contributed by atoms with Crippen LogP contribution in [-0.2, 0) is 13.1 Å². The number of rotatable bonds is 8. The van der Waals surface area contributed by atoms with Crippen LogP contribution in [0.5, 0.6) is 5.75 Å². The van der Waals surface area contributed by atoms with E-state index in [1.165, 1.54) is 16.8 Å². The third kappa shape index (κ3) is 4.12. The van der Waals surface area contributed by atoms with Crippen LogP contribution in [0, 0.1) is 13.8 Å². The Bertz CT molecular complexity index is 1130. The second-order valence-electron chi connectivity index (χ2n) is 7.65.